The van der Waals surface area contributed by atoms with Gasteiger partial charge in [0.25, 0.3) is 5.91 Å². The first-order valence-corrected chi connectivity index (χ1v) is 9.92. The molecule has 0 bridgehead atoms. The van der Waals surface area contributed by atoms with E-state index in [1.54, 1.807) is 6.26 Å². The summed E-state index contributed by atoms with van der Waals surface area (Å²) in [6.07, 6.45) is 2.49. The fourth-order valence-corrected chi connectivity index (χ4v) is 4.23. The molecule has 0 aliphatic carbocycles. The molecule has 2 unspecified atom stereocenters. The van der Waals surface area contributed by atoms with Crippen LogP contribution in [0, 0.1) is 0 Å². The van der Waals surface area contributed by atoms with Crippen LogP contribution in [-0.2, 0) is 0 Å². The first kappa shape index (κ1) is 17.6. The molecule has 5 rings (SSSR count). The van der Waals surface area contributed by atoms with Crippen LogP contribution in [0.3, 0.4) is 0 Å². The molecule has 3 aromatic carbocycles. The van der Waals surface area contributed by atoms with Gasteiger partial charge in [-0.25, -0.2) is 0 Å². The van der Waals surface area contributed by atoms with Gasteiger partial charge in [0.2, 0.25) is 0 Å². The van der Waals surface area contributed by atoms with Crippen molar-refractivity contribution in [1.82, 2.24) is 0 Å². The van der Waals surface area contributed by atoms with E-state index in [0.29, 0.717) is 5.56 Å². The molecule has 144 valence electrons. The molecule has 0 saturated heterocycles. The largest absolute Gasteiger partial charge is 0.464 e. The van der Waals surface area contributed by atoms with E-state index in [9.17, 15) is 4.79 Å². The minimum Gasteiger partial charge on any atom is -0.464 e. The molecule has 1 aliphatic rings. The molecular formula is C25H22N2O2. The van der Waals surface area contributed by atoms with Gasteiger partial charge in [-0.3, -0.25) is 4.79 Å². The Morgan fingerprint density at radius 3 is 2.66 bits per heavy atom. The minimum absolute atomic E-state index is 0.0196. The number of carbonyl (C=O) groups excluding carboxylic acids is 1. The van der Waals surface area contributed by atoms with E-state index >= 15 is 0 Å². The van der Waals surface area contributed by atoms with Crippen LogP contribution in [0.15, 0.2) is 89.5 Å². The van der Waals surface area contributed by atoms with Gasteiger partial charge in [-0.05, 0) is 61.4 Å². The first-order valence-electron chi connectivity index (χ1n) is 9.92. The number of amides is 1. The smallest absolute Gasteiger partial charge is 0.258 e. The number of nitrogens with zero attached hydrogens (tertiary/aromatic N) is 1. The van der Waals surface area contributed by atoms with Crippen molar-refractivity contribution in [1.29, 1.82) is 0 Å². The Balaban J connectivity index is 1.51. The maximum Gasteiger partial charge on any atom is 0.258 e. The van der Waals surface area contributed by atoms with E-state index in [1.807, 2.05) is 65.6 Å². The Hall–Kier alpha value is -3.53. The third kappa shape index (κ3) is 3.17. The molecule has 0 fully saturated rings. The third-order valence-corrected chi connectivity index (χ3v) is 5.62. The Labute approximate surface area is 169 Å². The molecule has 29 heavy (non-hydrogen) atoms. The second kappa shape index (κ2) is 7.13. The zero-order valence-electron chi connectivity index (χ0n) is 16.2. The van der Waals surface area contributed by atoms with Gasteiger partial charge in [-0.15, -0.1) is 0 Å². The second-order valence-corrected chi connectivity index (χ2v) is 7.55. The van der Waals surface area contributed by atoms with Crippen molar-refractivity contribution >= 4 is 28.3 Å². The number of furan rings is 1. The highest BCUT2D eigenvalue weighted by Crippen LogP contribution is 2.39. The molecule has 2 atom stereocenters. The summed E-state index contributed by atoms with van der Waals surface area (Å²) in [5, 5.41) is 4.58. The van der Waals surface area contributed by atoms with Crippen molar-refractivity contribution in [2.24, 2.45) is 0 Å². The molecule has 0 radical (unpaired) electrons. The molecule has 1 aromatic heterocycles. The van der Waals surface area contributed by atoms with Crippen LogP contribution < -0.4 is 10.2 Å². The van der Waals surface area contributed by atoms with E-state index in [0.717, 1.165) is 34.3 Å². The summed E-state index contributed by atoms with van der Waals surface area (Å²) < 4.78 is 5.41. The van der Waals surface area contributed by atoms with Crippen LogP contribution in [0.2, 0.25) is 0 Å². The highest BCUT2D eigenvalue weighted by molar-refractivity contribution is 6.08. The number of fused-ring (bicyclic) bond motifs is 2. The number of hydrogen-bond donors (Lipinski definition) is 1. The summed E-state index contributed by atoms with van der Waals surface area (Å²) in [7, 11) is 0. The number of nitrogens with one attached hydrogen (secondary N) is 1. The van der Waals surface area contributed by atoms with Gasteiger partial charge in [-0.1, -0.05) is 36.4 Å². The lowest BCUT2D eigenvalue weighted by Crippen LogP contribution is -2.44. The Morgan fingerprint density at radius 2 is 1.79 bits per heavy atom. The van der Waals surface area contributed by atoms with Crippen molar-refractivity contribution in [3.05, 3.63) is 96.3 Å². The summed E-state index contributed by atoms with van der Waals surface area (Å²) >= 11 is 0. The fraction of sp³-hybridized carbons (Fsp3) is 0.160. The Kier molecular flexibility index (Phi) is 4.32. The van der Waals surface area contributed by atoms with Crippen LogP contribution >= 0.6 is 0 Å². The monoisotopic (exact) mass is 382 g/mol. The summed E-state index contributed by atoms with van der Waals surface area (Å²) in [5.41, 5.74) is 4.67. The summed E-state index contributed by atoms with van der Waals surface area (Å²) in [6.45, 7) is 2.11. The first-order chi connectivity index (χ1) is 14.2. The van der Waals surface area contributed by atoms with Gasteiger partial charge in [0.05, 0.1) is 12.3 Å². The topological polar surface area (TPSA) is 45.5 Å². The lowest BCUT2D eigenvalue weighted by molar-refractivity contribution is 0.0974. The average molecular weight is 382 g/mol. The Bertz CT molecular complexity index is 1170. The van der Waals surface area contributed by atoms with E-state index in [2.05, 4.69) is 30.4 Å². The summed E-state index contributed by atoms with van der Waals surface area (Å²) in [6, 6.07) is 26.1. The zero-order valence-corrected chi connectivity index (χ0v) is 16.2. The van der Waals surface area contributed by atoms with Crippen molar-refractivity contribution in [3.8, 4) is 0 Å². The number of anilines is 2. The van der Waals surface area contributed by atoms with Crippen molar-refractivity contribution in [3.63, 3.8) is 0 Å². The number of para-hydroxylation sites is 2. The quantitative estimate of drug-likeness (QED) is 0.471. The van der Waals surface area contributed by atoms with Crippen LogP contribution in [0.4, 0.5) is 11.4 Å². The van der Waals surface area contributed by atoms with Crippen molar-refractivity contribution in [2.75, 3.05) is 10.2 Å². The summed E-state index contributed by atoms with van der Waals surface area (Å²) in [5.74, 6) is 0.0196. The maximum absolute atomic E-state index is 13.5. The standard InChI is InChI=1S/C25H22N2O2/c1-17-15-22(26-20-7-3-2-4-8-20)21-9-5-6-10-23(21)27(17)25(28)19-11-12-24-18(16-19)13-14-29-24/h2-14,16-17,22,26H,15H2,1H3. The van der Waals surface area contributed by atoms with Crippen molar-refractivity contribution < 1.29 is 9.21 Å². The van der Waals surface area contributed by atoms with E-state index in [1.165, 1.54) is 0 Å². The molecule has 2 heterocycles. The molecule has 4 aromatic rings. The molecule has 1 aliphatic heterocycles. The predicted octanol–water partition coefficient (Wildman–Crippen LogP) is 6.03. The lowest BCUT2D eigenvalue weighted by atomic mass is 9.90. The number of benzene rings is 3. The molecule has 4 heteroatoms. The highest BCUT2D eigenvalue weighted by atomic mass is 16.3. The molecule has 1 amide bonds. The number of hydrogen-bond acceptors (Lipinski definition) is 3. The SMILES string of the molecule is CC1CC(Nc2ccccc2)c2ccccc2N1C(=O)c1ccc2occc2c1. The molecule has 0 saturated carbocycles. The second-order valence-electron chi connectivity index (χ2n) is 7.55. The van der Waals surface area contributed by atoms with Gasteiger partial charge in [0, 0.05) is 28.4 Å². The summed E-state index contributed by atoms with van der Waals surface area (Å²) in [4.78, 5) is 15.4. The minimum atomic E-state index is 0.0196. The van der Waals surface area contributed by atoms with Gasteiger partial charge >= 0.3 is 0 Å². The highest BCUT2D eigenvalue weighted by Gasteiger charge is 2.34. The van der Waals surface area contributed by atoms with Crippen LogP contribution in [0.1, 0.15) is 35.3 Å². The van der Waals surface area contributed by atoms with Crippen LogP contribution in [-0.4, -0.2) is 11.9 Å². The molecule has 0 spiro atoms. The average Bonchev–Trinajstić information content (AvgIpc) is 3.22. The predicted molar refractivity (Wildman–Crippen MR) is 116 cm³/mol. The number of rotatable bonds is 3. The van der Waals surface area contributed by atoms with Gasteiger partial charge in [0.15, 0.2) is 0 Å². The van der Waals surface area contributed by atoms with Gasteiger partial charge in [0.1, 0.15) is 5.58 Å². The van der Waals surface area contributed by atoms with E-state index < -0.39 is 0 Å². The van der Waals surface area contributed by atoms with E-state index in [4.69, 9.17) is 4.42 Å². The maximum atomic E-state index is 13.5. The van der Waals surface area contributed by atoms with E-state index in [-0.39, 0.29) is 18.0 Å². The Morgan fingerprint density at radius 1 is 1.00 bits per heavy atom. The molecule has 4 nitrogen and oxygen atoms in total. The van der Waals surface area contributed by atoms with Crippen LogP contribution in [0.5, 0.6) is 0 Å². The zero-order chi connectivity index (χ0) is 19.8. The molecule has 1 N–H and O–H groups in total. The fourth-order valence-electron chi connectivity index (χ4n) is 4.23. The molecular weight excluding hydrogens is 360 g/mol. The lowest BCUT2D eigenvalue weighted by Gasteiger charge is -2.40. The number of carbonyl (C=O) groups is 1. The van der Waals surface area contributed by atoms with Gasteiger partial charge < -0.3 is 14.6 Å². The van der Waals surface area contributed by atoms with Crippen molar-refractivity contribution in [2.45, 2.75) is 25.4 Å². The van der Waals surface area contributed by atoms with Gasteiger partial charge in [-0.2, -0.15) is 0 Å². The third-order valence-electron chi connectivity index (χ3n) is 5.62. The van der Waals surface area contributed by atoms with Crippen LogP contribution in [0.25, 0.3) is 11.0 Å². The normalized spacial score (nSPS) is 18.4.